The lowest BCUT2D eigenvalue weighted by Crippen LogP contribution is -2.31. The maximum absolute atomic E-state index is 15.3. The lowest BCUT2D eigenvalue weighted by Gasteiger charge is -2.23. The van der Waals surface area contributed by atoms with Crippen molar-refractivity contribution in [3.05, 3.63) is 83.7 Å². The molecule has 212 valence electrons. The number of benzene rings is 2. The number of aliphatic hydroxyl groups is 2. The van der Waals surface area contributed by atoms with E-state index in [1.807, 2.05) is 24.3 Å². The van der Waals surface area contributed by atoms with Gasteiger partial charge in [0.1, 0.15) is 19.0 Å². The molecule has 0 amide bonds. The van der Waals surface area contributed by atoms with E-state index in [2.05, 4.69) is 20.1 Å². The highest BCUT2D eigenvalue weighted by Crippen LogP contribution is 2.28. The topological polar surface area (TPSA) is 93.1 Å². The molecule has 2 rings (SSSR count). The zero-order valence-electron chi connectivity index (χ0n) is 23.7. The molecule has 0 saturated heterocycles. The Morgan fingerprint density at radius 1 is 0.872 bits per heavy atom. The summed E-state index contributed by atoms with van der Waals surface area (Å²) in [6.45, 7) is 14.4. The molecule has 0 atom stereocenters. The number of rotatable bonds is 14. The molecule has 6 nitrogen and oxygen atoms in total. The molecule has 7 heteroatoms. The molecule has 0 radical (unpaired) electrons. The Balaban J connectivity index is 2.25. The second kappa shape index (κ2) is 13.7. The Labute approximate surface area is 231 Å². The fourth-order valence-electron chi connectivity index (χ4n) is 3.72. The van der Waals surface area contributed by atoms with E-state index >= 15 is 4.39 Å². The highest BCUT2D eigenvalue weighted by Gasteiger charge is 2.28. The first-order valence-electron chi connectivity index (χ1n) is 13.2. The van der Waals surface area contributed by atoms with Gasteiger partial charge in [-0.3, -0.25) is 0 Å². The van der Waals surface area contributed by atoms with Crippen LogP contribution in [-0.2, 0) is 25.5 Å². The third-order valence-corrected chi connectivity index (χ3v) is 6.60. The molecule has 0 spiro atoms. The lowest BCUT2D eigenvalue weighted by atomic mass is 9.95. The van der Waals surface area contributed by atoms with Crippen LogP contribution in [0.25, 0.3) is 11.1 Å². The Hall–Kier alpha value is -3.29. The normalized spacial score (nSPS) is 11.8. The number of hydrogen-bond donors (Lipinski definition) is 2. The van der Waals surface area contributed by atoms with Crippen LogP contribution < -0.4 is 0 Å². The van der Waals surface area contributed by atoms with Crippen molar-refractivity contribution in [1.29, 1.82) is 0 Å². The molecule has 2 N–H and O–H groups in total. The molecule has 2 aromatic carbocycles. The fourth-order valence-corrected chi connectivity index (χ4v) is 3.72. The monoisotopic (exact) mass is 540 g/mol. The number of carbonyl (C=O) groups excluding carboxylic acids is 2. The molecular weight excluding hydrogens is 499 g/mol. The number of unbranched alkanes of at least 4 members (excludes halogenated alkanes) is 2. The van der Waals surface area contributed by atoms with Crippen molar-refractivity contribution in [2.24, 2.45) is 0 Å². The molecule has 0 heterocycles. The van der Waals surface area contributed by atoms with Gasteiger partial charge < -0.3 is 19.7 Å². The van der Waals surface area contributed by atoms with E-state index in [0.717, 1.165) is 24.8 Å². The molecule has 0 saturated carbocycles. The Morgan fingerprint density at radius 2 is 1.38 bits per heavy atom. The zero-order valence-corrected chi connectivity index (χ0v) is 23.7. The van der Waals surface area contributed by atoms with Crippen LogP contribution in [0, 0.1) is 5.82 Å². The number of ether oxygens (including phenoxy) is 2. The Morgan fingerprint density at radius 3 is 1.82 bits per heavy atom. The minimum Gasteiger partial charge on any atom is -0.461 e. The van der Waals surface area contributed by atoms with Crippen molar-refractivity contribution in [1.82, 2.24) is 0 Å². The van der Waals surface area contributed by atoms with Crippen molar-refractivity contribution in [3.63, 3.8) is 0 Å². The number of aryl methyl sites for hydroxylation is 1. The van der Waals surface area contributed by atoms with Crippen molar-refractivity contribution >= 4 is 11.9 Å². The predicted molar refractivity (Wildman–Crippen MR) is 151 cm³/mol. The van der Waals surface area contributed by atoms with Crippen LogP contribution in [0.3, 0.4) is 0 Å². The maximum Gasteiger partial charge on any atom is 0.336 e. The minimum atomic E-state index is -1.48. The van der Waals surface area contributed by atoms with Gasteiger partial charge in [0.05, 0.1) is 28.3 Å². The van der Waals surface area contributed by atoms with Crippen molar-refractivity contribution < 1.29 is 33.7 Å². The van der Waals surface area contributed by atoms with E-state index < -0.39 is 34.9 Å². The SMILES string of the molecule is C=C(C(=O)OCC(COC(=O)C(=C)C(C)(C)O)c1ccc(-c2ccc(CCCCC)cc2)c(F)c1)C(C)(C)O. The summed E-state index contributed by atoms with van der Waals surface area (Å²) in [6, 6.07) is 12.5. The highest BCUT2D eigenvalue weighted by molar-refractivity contribution is 5.90. The quantitative estimate of drug-likeness (QED) is 0.172. The molecule has 0 aliphatic rings. The van der Waals surface area contributed by atoms with Crippen molar-refractivity contribution in [2.45, 2.75) is 77.4 Å². The second-order valence-electron chi connectivity index (χ2n) is 10.9. The van der Waals surface area contributed by atoms with Crippen molar-refractivity contribution in [3.8, 4) is 11.1 Å². The first-order valence-corrected chi connectivity index (χ1v) is 13.2. The average molecular weight is 541 g/mol. The molecule has 0 aliphatic carbocycles. The van der Waals surface area contributed by atoms with E-state index in [0.29, 0.717) is 11.1 Å². The molecule has 0 unspecified atom stereocenters. The number of halogens is 1. The van der Waals surface area contributed by atoms with E-state index in [1.54, 1.807) is 12.1 Å². The van der Waals surface area contributed by atoms with Crippen LogP contribution in [0.2, 0.25) is 0 Å². The largest absolute Gasteiger partial charge is 0.461 e. The van der Waals surface area contributed by atoms with Crippen molar-refractivity contribution in [2.75, 3.05) is 13.2 Å². The molecule has 0 bridgehead atoms. The summed E-state index contributed by atoms with van der Waals surface area (Å²) in [4.78, 5) is 24.8. The van der Waals surface area contributed by atoms with Gasteiger partial charge in [0.2, 0.25) is 0 Å². The van der Waals surface area contributed by atoms with Gasteiger partial charge in [-0.15, -0.1) is 0 Å². The Kier molecular flexibility index (Phi) is 11.2. The van der Waals surface area contributed by atoms with E-state index in [9.17, 15) is 19.8 Å². The third-order valence-electron chi connectivity index (χ3n) is 6.60. The van der Waals surface area contributed by atoms with Gasteiger partial charge in [0, 0.05) is 5.56 Å². The van der Waals surface area contributed by atoms with Gasteiger partial charge in [-0.25, -0.2) is 14.0 Å². The third kappa shape index (κ3) is 9.44. The first kappa shape index (κ1) is 31.9. The number of carbonyl (C=O) groups is 2. The molecule has 0 aromatic heterocycles. The summed E-state index contributed by atoms with van der Waals surface area (Å²) >= 11 is 0. The van der Waals surface area contributed by atoms with Gasteiger partial charge in [0.25, 0.3) is 0 Å². The summed E-state index contributed by atoms with van der Waals surface area (Å²) in [5, 5.41) is 20.1. The predicted octanol–water partition coefficient (Wildman–Crippen LogP) is 6.05. The van der Waals surface area contributed by atoms with Crippen LogP contribution in [0.1, 0.15) is 70.9 Å². The van der Waals surface area contributed by atoms with E-state index in [4.69, 9.17) is 9.47 Å². The van der Waals surface area contributed by atoms with E-state index in [-0.39, 0.29) is 24.4 Å². The van der Waals surface area contributed by atoms with Crippen LogP contribution in [-0.4, -0.2) is 46.6 Å². The summed E-state index contributed by atoms with van der Waals surface area (Å²) in [7, 11) is 0. The summed E-state index contributed by atoms with van der Waals surface area (Å²) in [5.74, 6) is -2.85. The number of esters is 2. The fraction of sp³-hybridized carbons (Fsp3) is 0.438. The average Bonchev–Trinajstić information content (AvgIpc) is 2.87. The first-order chi connectivity index (χ1) is 18.1. The highest BCUT2D eigenvalue weighted by atomic mass is 19.1. The standard InChI is InChI=1S/C32H41FO6/c1-8-9-10-11-23-12-14-24(15-13-23)27-17-16-25(18-28(27)33)26(19-38-29(34)21(2)31(4,5)36)20-39-30(35)22(3)32(6,7)37/h12-18,26,36-37H,2-3,8-11,19-20H2,1,4-7H3. The van der Waals surface area contributed by atoms with E-state index in [1.165, 1.54) is 45.7 Å². The van der Waals surface area contributed by atoms with Crippen LogP contribution in [0.5, 0.6) is 0 Å². The molecule has 2 aromatic rings. The lowest BCUT2D eigenvalue weighted by molar-refractivity contribution is -0.144. The summed E-state index contributed by atoms with van der Waals surface area (Å²) in [6.07, 6.45) is 4.41. The van der Waals surface area contributed by atoms with Crippen LogP contribution in [0.4, 0.5) is 4.39 Å². The van der Waals surface area contributed by atoms with Gasteiger partial charge >= 0.3 is 11.9 Å². The second-order valence-corrected chi connectivity index (χ2v) is 10.9. The van der Waals surface area contributed by atoms with Gasteiger partial charge in [0.15, 0.2) is 0 Å². The molecule has 39 heavy (non-hydrogen) atoms. The summed E-state index contributed by atoms with van der Waals surface area (Å²) < 4.78 is 26.0. The van der Waals surface area contributed by atoms with Gasteiger partial charge in [-0.2, -0.15) is 0 Å². The van der Waals surface area contributed by atoms with Gasteiger partial charge in [-0.1, -0.05) is 69.3 Å². The van der Waals surface area contributed by atoms with Gasteiger partial charge in [-0.05, 0) is 63.3 Å². The minimum absolute atomic E-state index is 0.145. The van der Waals surface area contributed by atoms with Crippen LogP contribution >= 0.6 is 0 Å². The molecular formula is C32H41FO6. The molecule has 0 fully saturated rings. The van der Waals surface area contributed by atoms with Crippen LogP contribution in [0.15, 0.2) is 66.8 Å². The summed E-state index contributed by atoms with van der Waals surface area (Å²) in [5.41, 5.74) is -0.468. The Bertz CT molecular complexity index is 1130. The number of hydrogen-bond acceptors (Lipinski definition) is 6. The maximum atomic E-state index is 15.3. The smallest absolute Gasteiger partial charge is 0.336 e. The zero-order chi connectivity index (χ0) is 29.4. The molecule has 0 aliphatic heterocycles.